The number of nitrogens with zero attached hydrogens (tertiary/aromatic N) is 2. The minimum atomic E-state index is -0.781. The van der Waals surface area contributed by atoms with Crippen molar-refractivity contribution in [2.75, 3.05) is 5.32 Å². The van der Waals surface area contributed by atoms with Crippen LogP contribution in [0.5, 0.6) is 0 Å². The van der Waals surface area contributed by atoms with Gasteiger partial charge in [-0.1, -0.05) is 23.7 Å². The van der Waals surface area contributed by atoms with E-state index in [4.69, 9.17) is 11.6 Å². The maximum atomic E-state index is 13.0. The molecule has 0 aliphatic rings. The quantitative estimate of drug-likeness (QED) is 0.536. The monoisotopic (exact) mass is 295 g/mol. The average molecular weight is 296 g/mol. The molecule has 0 aliphatic heterocycles. The van der Waals surface area contributed by atoms with Crippen LogP contribution >= 0.6 is 11.6 Å². The number of carbonyl (C=O) groups is 1. The third-order valence-corrected chi connectivity index (χ3v) is 2.70. The number of anilines is 1. The molecule has 1 aromatic carbocycles. The SMILES string of the molecule is O=C(Nc1ccccc1[N+](=O)[O-])c1cc(F)cnc1Cl. The van der Waals surface area contributed by atoms with Crippen molar-refractivity contribution >= 4 is 28.9 Å². The van der Waals surface area contributed by atoms with Gasteiger partial charge in [-0.3, -0.25) is 14.9 Å². The molecule has 0 bridgehead atoms. The molecule has 102 valence electrons. The van der Waals surface area contributed by atoms with E-state index in [1.807, 2.05) is 0 Å². The number of hydrogen-bond acceptors (Lipinski definition) is 4. The van der Waals surface area contributed by atoms with Crippen molar-refractivity contribution in [1.29, 1.82) is 0 Å². The summed E-state index contributed by atoms with van der Waals surface area (Å²) in [4.78, 5) is 25.6. The lowest BCUT2D eigenvalue weighted by molar-refractivity contribution is -0.383. The smallest absolute Gasteiger partial charge is 0.292 e. The molecule has 0 spiro atoms. The molecule has 6 nitrogen and oxygen atoms in total. The van der Waals surface area contributed by atoms with Gasteiger partial charge in [0.05, 0.1) is 16.7 Å². The molecule has 1 heterocycles. The van der Waals surface area contributed by atoms with Gasteiger partial charge in [0.15, 0.2) is 0 Å². The lowest BCUT2D eigenvalue weighted by Crippen LogP contribution is -2.14. The predicted octanol–water partition coefficient (Wildman–Crippen LogP) is 3.03. The van der Waals surface area contributed by atoms with Gasteiger partial charge >= 0.3 is 0 Å². The average Bonchev–Trinajstić information content (AvgIpc) is 2.41. The lowest BCUT2D eigenvalue weighted by Gasteiger charge is -2.06. The lowest BCUT2D eigenvalue weighted by atomic mass is 10.2. The molecule has 20 heavy (non-hydrogen) atoms. The van der Waals surface area contributed by atoms with Gasteiger partial charge in [-0.25, -0.2) is 9.37 Å². The number of benzene rings is 1. The number of halogens is 2. The topological polar surface area (TPSA) is 85.1 Å². The summed E-state index contributed by atoms with van der Waals surface area (Å²) in [5.41, 5.74) is -0.492. The molecule has 2 rings (SSSR count). The molecule has 0 radical (unpaired) electrons. The molecule has 1 N–H and O–H groups in total. The van der Waals surface area contributed by atoms with Gasteiger partial charge in [0.25, 0.3) is 11.6 Å². The number of amides is 1. The third-order valence-electron chi connectivity index (χ3n) is 2.40. The Bertz CT molecular complexity index is 693. The number of carbonyl (C=O) groups excluding carboxylic acids is 1. The van der Waals surface area contributed by atoms with Crippen LogP contribution in [0.15, 0.2) is 36.5 Å². The van der Waals surface area contributed by atoms with Crippen molar-refractivity contribution < 1.29 is 14.1 Å². The van der Waals surface area contributed by atoms with E-state index in [2.05, 4.69) is 10.3 Å². The van der Waals surface area contributed by atoms with Gasteiger partial charge in [0.1, 0.15) is 16.7 Å². The summed E-state index contributed by atoms with van der Waals surface area (Å²) in [6.45, 7) is 0. The number of nitro groups is 1. The van der Waals surface area contributed by atoms with E-state index in [1.54, 1.807) is 0 Å². The van der Waals surface area contributed by atoms with Crippen molar-refractivity contribution in [3.8, 4) is 0 Å². The van der Waals surface area contributed by atoms with Crippen LogP contribution < -0.4 is 5.32 Å². The molecule has 2 aromatic rings. The Morgan fingerprint density at radius 2 is 2.10 bits per heavy atom. The number of hydrogen-bond donors (Lipinski definition) is 1. The summed E-state index contributed by atoms with van der Waals surface area (Å²) in [7, 11) is 0. The second-order valence-electron chi connectivity index (χ2n) is 3.72. The molecule has 0 aliphatic carbocycles. The Balaban J connectivity index is 2.33. The fourth-order valence-electron chi connectivity index (χ4n) is 1.51. The minimum Gasteiger partial charge on any atom is -0.316 e. The highest BCUT2D eigenvalue weighted by molar-refractivity contribution is 6.33. The maximum absolute atomic E-state index is 13.0. The van der Waals surface area contributed by atoms with Crippen LogP contribution in [0.3, 0.4) is 0 Å². The molecule has 1 amide bonds. The predicted molar refractivity (Wildman–Crippen MR) is 70.3 cm³/mol. The minimum absolute atomic E-state index is 0.0113. The molecule has 0 unspecified atom stereocenters. The summed E-state index contributed by atoms with van der Waals surface area (Å²) < 4.78 is 13.0. The van der Waals surface area contributed by atoms with Crippen molar-refractivity contribution in [3.63, 3.8) is 0 Å². The van der Waals surface area contributed by atoms with Gasteiger partial charge < -0.3 is 5.32 Å². The molecule has 0 fully saturated rings. The van der Waals surface area contributed by atoms with E-state index in [-0.39, 0.29) is 22.1 Å². The fourth-order valence-corrected chi connectivity index (χ4v) is 1.70. The van der Waals surface area contributed by atoms with E-state index in [9.17, 15) is 19.3 Å². The van der Waals surface area contributed by atoms with Gasteiger partial charge in [-0.15, -0.1) is 0 Å². The van der Waals surface area contributed by atoms with Crippen LogP contribution in [-0.2, 0) is 0 Å². The summed E-state index contributed by atoms with van der Waals surface area (Å²) in [5.74, 6) is -1.52. The first-order valence-electron chi connectivity index (χ1n) is 5.35. The van der Waals surface area contributed by atoms with Crippen LogP contribution in [0.25, 0.3) is 0 Å². The van der Waals surface area contributed by atoms with E-state index in [0.29, 0.717) is 0 Å². The fraction of sp³-hybridized carbons (Fsp3) is 0. The number of nitrogens with one attached hydrogen (secondary N) is 1. The van der Waals surface area contributed by atoms with Gasteiger partial charge in [-0.2, -0.15) is 0 Å². The Hall–Kier alpha value is -2.54. The number of nitro benzene ring substituents is 1. The largest absolute Gasteiger partial charge is 0.316 e. The third kappa shape index (κ3) is 2.89. The Morgan fingerprint density at radius 3 is 2.80 bits per heavy atom. The van der Waals surface area contributed by atoms with E-state index in [1.165, 1.54) is 24.3 Å². The zero-order valence-corrected chi connectivity index (χ0v) is 10.6. The van der Waals surface area contributed by atoms with Gasteiger partial charge in [0.2, 0.25) is 0 Å². The summed E-state index contributed by atoms with van der Waals surface area (Å²) in [6, 6.07) is 6.48. The molecular weight excluding hydrogens is 289 g/mol. The van der Waals surface area contributed by atoms with Crippen molar-refractivity contribution in [1.82, 2.24) is 4.98 Å². The van der Waals surface area contributed by atoms with Gasteiger partial charge in [0, 0.05) is 6.07 Å². The Kier molecular flexibility index (Phi) is 3.90. The summed E-state index contributed by atoms with van der Waals surface area (Å²) in [6.07, 6.45) is 0.865. The van der Waals surface area contributed by atoms with Crippen LogP contribution in [0, 0.1) is 15.9 Å². The first-order valence-corrected chi connectivity index (χ1v) is 5.72. The maximum Gasteiger partial charge on any atom is 0.292 e. The molecule has 0 saturated heterocycles. The standard InChI is InChI=1S/C12H7ClFN3O3/c13-11-8(5-7(14)6-15-11)12(18)16-9-3-1-2-4-10(9)17(19)20/h1-6H,(H,16,18). The number of pyridine rings is 1. The molecule has 0 saturated carbocycles. The van der Waals surface area contributed by atoms with Crippen molar-refractivity contribution in [2.24, 2.45) is 0 Å². The van der Waals surface area contributed by atoms with E-state index in [0.717, 1.165) is 12.3 Å². The van der Waals surface area contributed by atoms with Crippen LogP contribution in [0.2, 0.25) is 5.15 Å². The molecule has 8 heteroatoms. The van der Waals surface area contributed by atoms with Gasteiger partial charge in [-0.05, 0) is 12.1 Å². The Morgan fingerprint density at radius 1 is 1.40 bits per heavy atom. The Labute approximate surface area is 117 Å². The highest BCUT2D eigenvalue weighted by atomic mass is 35.5. The first-order chi connectivity index (χ1) is 9.49. The number of aromatic nitrogens is 1. The van der Waals surface area contributed by atoms with E-state index >= 15 is 0 Å². The van der Waals surface area contributed by atoms with Crippen LogP contribution in [-0.4, -0.2) is 15.8 Å². The highest BCUT2D eigenvalue weighted by Crippen LogP contribution is 2.24. The molecular formula is C12H7ClFN3O3. The summed E-state index contributed by atoms with van der Waals surface area (Å²) in [5, 5.41) is 12.9. The van der Waals surface area contributed by atoms with Crippen LogP contribution in [0.4, 0.5) is 15.8 Å². The second-order valence-corrected chi connectivity index (χ2v) is 4.08. The first kappa shape index (κ1) is 13.9. The second kappa shape index (κ2) is 5.62. The zero-order chi connectivity index (χ0) is 14.7. The number of para-hydroxylation sites is 2. The number of rotatable bonds is 3. The highest BCUT2D eigenvalue weighted by Gasteiger charge is 2.18. The van der Waals surface area contributed by atoms with E-state index < -0.39 is 16.6 Å². The normalized spacial score (nSPS) is 10.1. The van der Waals surface area contributed by atoms with Crippen LogP contribution in [0.1, 0.15) is 10.4 Å². The molecule has 0 atom stereocenters. The summed E-state index contributed by atoms with van der Waals surface area (Å²) >= 11 is 5.69. The zero-order valence-electron chi connectivity index (χ0n) is 9.84. The molecule has 1 aromatic heterocycles. The van der Waals surface area contributed by atoms with Crippen molar-refractivity contribution in [3.05, 3.63) is 63.2 Å². The van der Waals surface area contributed by atoms with Crippen molar-refractivity contribution in [2.45, 2.75) is 0 Å².